The molecule has 1 N–H and O–H groups in total. The Morgan fingerprint density at radius 3 is 2.11 bits per heavy atom. The van der Waals surface area contributed by atoms with Crippen LogP contribution in [-0.2, 0) is 9.53 Å². The fourth-order valence-electron chi connectivity index (χ4n) is 6.80. The molecular weight excluding hydrogens is 348 g/mol. The Hall–Kier alpha value is -0.610. The van der Waals surface area contributed by atoms with E-state index < -0.39 is 5.60 Å². The smallest absolute Gasteiger partial charge is 0.254 e. The van der Waals surface area contributed by atoms with E-state index in [9.17, 15) is 4.79 Å². The molecular formula is C24H44N2O2. The van der Waals surface area contributed by atoms with E-state index in [-0.39, 0.29) is 22.7 Å². The van der Waals surface area contributed by atoms with Crippen molar-refractivity contribution in [1.29, 1.82) is 0 Å². The molecule has 2 aliphatic heterocycles. The molecule has 0 bridgehead atoms. The number of likely N-dealkylation sites (tertiary alicyclic amines) is 1. The van der Waals surface area contributed by atoms with Crippen LogP contribution in [-0.4, -0.2) is 39.8 Å². The number of hydrogen-bond acceptors (Lipinski definition) is 3. The highest BCUT2D eigenvalue weighted by Gasteiger charge is 2.65. The minimum Gasteiger partial charge on any atom is -0.339 e. The van der Waals surface area contributed by atoms with Crippen molar-refractivity contribution in [3.8, 4) is 0 Å². The van der Waals surface area contributed by atoms with Gasteiger partial charge in [0.1, 0.15) is 5.72 Å². The van der Waals surface area contributed by atoms with Crippen LogP contribution in [0, 0.1) is 5.92 Å². The Labute approximate surface area is 173 Å². The maximum atomic E-state index is 13.1. The average molecular weight is 393 g/mol. The molecule has 4 heteroatoms. The van der Waals surface area contributed by atoms with Gasteiger partial charge in [0.15, 0.2) is 5.60 Å². The van der Waals surface area contributed by atoms with Gasteiger partial charge in [0.05, 0.1) is 0 Å². The van der Waals surface area contributed by atoms with Crippen molar-refractivity contribution in [2.75, 3.05) is 6.54 Å². The van der Waals surface area contributed by atoms with Crippen LogP contribution in [0.2, 0.25) is 0 Å². The Bertz CT molecular complexity index is 545. The SMILES string of the molecule is CCCCCCCCC1CC2(C1)NC(=O)C1(CC(C)(C)N(CC)C(C)(C)C1)O2. The van der Waals surface area contributed by atoms with Gasteiger partial charge in [-0.3, -0.25) is 9.69 Å². The normalized spacial score (nSPS) is 33.2. The third-order valence-corrected chi connectivity index (χ3v) is 7.56. The van der Waals surface area contributed by atoms with E-state index in [1.54, 1.807) is 0 Å². The highest BCUT2D eigenvalue weighted by Crippen LogP contribution is 2.54. The van der Waals surface area contributed by atoms with E-state index in [4.69, 9.17) is 4.74 Å². The van der Waals surface area contributed by atoms with Gasteiger partial charge >= 0.3 is 0 Å². The summed E-state index contributed by atoms with van der Waals surface area (Å²) in [6.07, 6.45) is 13.0. The molecule has 4 nitrogen and oxygen atoms in total. The van der Waals surface area contributed by atoms with Crippen molar-refractivity contribution in [2.45, 2.75) is 135 Å². The zero-order valence-corrected chi connectivity index (χ0v) is 19.3. The lowest BCUT2D eigenvalue weighted by Gasteiger charge is -2.58. The number of unbranched alkanes of at least 4 members (excludes halogenated alkanes) is 5. The number of rotatable bonds is 8. The third kappa shape index (κ3) is 4.14. The van der Waals surface area contributed by atoms with Gasteiger partial charge in [-0.25, -0.2) is 0 Å². The largest absolute Gasteiger partial charge is 0.339 e. The second-order valence-electron chi connectivity index (χ2n) is 11.1. The van der Waals surface area contributed by atoms with Gasteiger partial charge in [0.25, 0.3) is 5.91 Å². The number of carbonyl (C=O) groups excluding carboxylic acids is 1. The zero-order chi connectivity index (χ0) is 20.6. The van der Waals surface area contributed by atoms with E-state index in [0.29, 0.717) is 0 Å². The molecule has 1 aliphatic carbocycles. The quantitative estimate of drug-likeness (QED) is 0.562. The molecule has 3 aliphatic rings. The van der Waals surface area contributed by atoms with Gasteiger partial charge in [0, 0.05) is 23.9 Å². The minimum atomic E-state index is -0.649. The molecule has 1 saturated carbocycles. The number of hydrogen-bond donors (Lipinski definition) is 1. The first-order valence-corrected chi connectivity index (χ1v) is 11.9. The van der Waals surface area contributed by atoms with Crippen LogP contribution in [0.4, 0.5) is 0 Å². The van der Waals surface area contributed by atoms with Crippen LogP contribution in [0.1, 0.15) is 112 Å². The van der Waals surface area contributed by atoms with E-state index in [2.05, 4.69) is 51.8 Å². The number of ether oxygens (including phenoxy) is 1. The molecule has 28 heavy (non-hydrogen) atoms. The summed E-state index contributed by atoms with van der Waals surface area (Å²) in [6.45, 7) is 14.6. The number of amides is 1. The van der Waals surface area contributed by atoms with Crippen molar-refractivity contribution >= 4 is 5.91 Å². The van der Waals surface area contributed by atoms with Gasteiger partial charge in [0.2, 0.25) is 0 Å². The first-order chi connectivity index (χ1) is 13.1. The molecule has 162 valence electrons. The summed E-state index contributed by atoms with van der Waals surface area (Å²) < 4.78 is 6.69. The Morgan fingerprint density at radius 1 is 0.964 bits per heavy atom. The van der Waals surface area contributed by atoms with Crippen LogP contribution in [0.25, 0.3) is 0 Å². The fraction of sp³-hybridized carbons (Fsp3) is 0.958. The van der Waals surface area contributed by atoms with E-state index >= 15 is 0 Å². The zero-order valence-electron chi connectivity index (χ0n) is 19.3. The Kier molecular flexibility index (Phi) is 6.23. The topological polar surface area (TPSA) is 41.6 Å². The highest BCUT2D eigenvalue weighted by atomic mass is 16.6. The van der Waals surface area contributed by atoms with E-state index in [1.807, 2.05) is 0 Å². The maximum absolute atomic E-state index is 13.1. The number of nitrogens with one attached hydrogen (secondary N) is 1. The monoisotopic (exact) mass is 392 g/mol. The van der Waals surface area contributed by atoms with Crippen molar-refractivity contribution in [1.82, 2.24) is 10.2 Å². The average Bonchev–Trinajstić information content (AvgIpc) is 2.80. The molecule has 0 atom stereocenters. The molecule has 0 aromatic rings. The maximum Gasteiger partial charge on any atom is 0.254 e. The molecule has 2 heterocycles. The molecule has 0 aromatic heterocycles. The van der Waals surface area contributed by atoms with Gasteiger partial charge < -0.3 is 10.1 Å². The summed E-state index contributed by atoms with van der Waals surface area (Å²) in [6, 6.07) is 0. The molecule has 3 fully saturated rings. The lowest BCUT2D eigenvalue weighted by Crippen LogP contribution is -2.67. The molecule has 0 aromatic carbocycles. The van der Waals surface area contributed by atoms with Gasteiger partial charge in [-0.05, 0) is 53.0 Å². The molecule has 2 saturated heterocycles. The first-order valence-electron chi connectivity index (χ1n) is 11.9. The lowest BCUT2D eigenvalue weighted by molar-refractivity contribution is -0.214. The van der Waals surface area contributed by atoms with Gasteiger partial charge in [-0.1, -0.05) is 58.8 Å². The highest BCUT2D eigenvalue weighted by molar-refractivity contribution is 5.88. The van der Waals surface area contributed by atoms with Crippen molar-refractivity contribution in [3.05, 3.63) is 0 Å². The van der Waals surface area contributed by atoms with Gasteiger partial charge in [-0.2, -0.15) is 0 Å². The predicted molar refractivity (Wildman–Crippen MR) is 115 cm³/mol. The summed E-state index contributed by atoms with van der Waals surface area (Å²) in [5.74, 6) is 0.862. The summed E-state index contributed by atoms with van der Waals surface area (Å²) >= 11 is 0. The molecule has 0 radical (unpaired) electrons. The molecule has 0 unspecified atom stereocenters. The number of carbonyl (C=O) groups is 1. The number of nitrogens with zero attached hydrogens (tertiary/aromatic N) is 1. The Balaban J connectivity index is 1.55. The molecule has 1 amide bonds. The van der Waals surface area contributed by atoms with Crippen LogP contribution < -0.4 is 5.32 Å². The summed E-state index contributed by atoms with van der Waals surface area (Å²) in [4.78, 5) is 15.7. The fourth-order valence-corrected chi connectivity index (χ4v) is 6.80. The first kappa shape index (κ1) is 22.1. The van der Waals surface area contributed by atoms with Crippen molar-refractivity contribution in [2.24, 2.45) is 5.92 Å². The summed E-state index contributed by atoms with van der Waals surface area (Å²) in [7, 11) is 0. The minimum absolute atomic E-state index is 0.0407. The lowest BCUT2D eigenvalue weighted by atomic mass is 9.70. The number of piperidine rings is 1. The summed E-state index contributed by atoms with van der Waals surface area (Å²) in [5.41, 5.74) is -1.10. The second-order valence-corrected chi connectivity index (χ2v) is 11.1. The van der Waals surface area contributed by atoms with E-state index in [1.165, 1.54) is 44.9 Å². The Morgan fingerprint density at radius 2 is 1.54 bits per heavy atom. The van der Waals surface area contributed by atoms with Crippen LogP contribution >= 0.6 is 0 Å². The molecule has 3 rings (SSSR count). The van der Waals surface area contributed by atoms with Crippen molar-refractivity contribution in [3.63, 3.8) is 0 Å². The van der Waals surface area contributed by atoms with Gasteiger partial charge in [-0.15, -0.1) is 0 Å². The summed E-state index contributed by atoms with van der Waals surface area (Å²) in [5, 5.41) is 3.30. The standard InChI is InChI=1S/C24H44N2O2/c1-7-9-10-11-12-13-14-19-15-24(16-19)25-20(27)23(28-24)17-21(3,4)26(8-2)22(5,6)18-23/h19H,7-18H2,1-6H3,(H,25,27). The van der Waals surface area contributed by atoms with Crippen LogP contribution in [0.3, 0.4) is 0 Å². The molecule has 2 spiro atoms. The van der Waals surface area contributed by atoms with E-state index in [0.717, 1.165) is 38.1 Å². The predicted octanol–water partition coefficient (Wildman–Crippen LogP) is 5.40. The second kappa shape index (κ2) is 7.91. The van der Waals surface area contributed by atoms with Crippen molar-refractivity contribution < 1.29 is 9.53 Å². The van der Waals surface area contributed by atoms with Crippen LogP contribution in [0.15, 0.2) is 0 Å². The van der Waals surface area contributed by atoms with Crippen LogP contribution in [0.5, 0.6) is 0 Å². The third-order valence-electron chi connectivity index (χ3n) is 7.56.